The van der Waals surface area contributed by atoms with Gasteiger partial charge < -0.3 is 9.53 Å². The van der Waals surface area contributed by atoms with Crippen molar-refractivity contribution in [1.29, 1.82) is 0 Å². The molecule has 2 unspecified atom stereocenters. The number of hydrogen-bond acceptors (Lipinski definition) is 3. The Bertz CT molecular complexity index is 255. The van der Waals surface area contributed by atoms with E-state index in [1.807, 2.05) is 4.90 Å². The van der Waals surface area contributed by atoms with Gasteiger partial charge in [0, 0.05) is 19.6 Å². The Morgan fingerprint density at radius 1 is 1.35 bits per heavy atom. The molecule has 5 heteroatoms. The molecule has 0 aliphatic carbocycles. The van der Waals surface area contributed by atoms with Gasteiger partial charge in [0.1, 0.15) is 6.17 Å². The van der Waals surface area contributed by atoms with Gasteiger partial charge in [-0.15, -0.1) is 0 Å². The molecule has 1 heterocycles. The van der Waals surface area contributed by atoms with Crippen LogP contribution in [-0.4, -0.2) is 56.8 Å². The highest BCUT2D eigenvalue weighted by Crippen LogP contribution is 2.38. The standard InChI is InChI=1S/C12H26FNO2Si/c1-12(2,3)17(4,5)16-11-9-14(6-7-15)8-10(11)13/h10-11,15H,6-9H2,1-5H3. The third-order valence-electron chi connectivity index (χ3n) is 3.94. The fraction of sp³-hybridized carbons (Fsp3) is 1.00. The minimum absolute atomic E-state index is 0.0829. The number of alkyl halides is 1. The van der Waals surface area contributed by atoms with Crippen molar-refractivity contribution in [3.05, 3.63) is 0 Å². The first-order valence-electron chi connectivity index (χ1n) is 6.32. The van der Waals surface area contributed by atoms with Crippen LogP contribution in [0.1, 0.15) is 20.8 Å². The Morgan fingerprint density at radius 2 is 1.94 bits per heavy atom. The third-order valence-corrected chi connectivity index (χ3v) is 8.45. The van der Waals surface area contributed by atoms with E-state index in [9.17, 15) is 4.39 Å². The molecular weight excluding hydrogens is 237 g/mol. The van der Waals surface area contributed by atoms with Crippen LogP contribution < -0.4 is 0 Å². The van der Waals surface area contributed by atoms with Crippen molar-refractivity contribution in [2.75, 3.05) is 26.2 Å². The maximum absolute atomic E-state index is 13.9. The number of nitrogens with zero attached hydrogens (tertiary/aromatic N) is 1. The molecule has 0 bridgehead atoms. The molecule has 0 amide bonds. The van der Waals surface area contributed by atoms with Crippen LogP contribution in [0.5, 0.6) is 0 Å². The van der Waals surface area contributed by atoms with Crippen molar-refractivity contribution < 1.29 is 13.9 Å². The molecule has 1 N–H and O–H groups in total. The van der Waals surface area contributed by atoms with Gasteiger partial charge in [0.05, 0.1) is 12.7 Å². The predicted octanol–water partition coefficient (Wildman–Crippen LogP) is 2.02. The normalized spacial score (nSPS) is 27.7. The molecule has 1 aliphatic heterocycles. The number of hydrogen-bond donors (Lipinski definition) is 1. The first-order chi connectivity index (χ1) is 7.67. The van der Waals surface area contributed by atoms with Gasteiger partial charge in [-0.1, -0.05) is 20.8 Å². The summed E-state index contributed by atoms with van der Waals surface area (Å²) in [7, 11) is -1.89. The van der Waals surface area contributed by atoms with Crippen molar-refractivity contribution in [3.63, 3.8) is 0 Å². The predicted molar refractivity (Wildman–Crippen MR) is 70.5 cm³/mol. The van der Waals surface area contributed by atoms with Gasteiger partial charge in [-0.05, 0) is 18.1 Å². The first-order valence-corrected chi connectivity index (χ1v) is 9.23. The summed E-state index contributed by atoms with van der Waals surface area (Å²) in [6.07, 6.45) is -1.24. The molecule has 17 heavy (non-hydrogen) atoms. The number of likely N-dealkylation sites (tertiary alicyclic amines) is 1. The summed E-state index contributed by atoms with van der Waals surface area (Å²) in [5.41, 5.74) is 0. The van der Waals surface area contributed by atoms with Crippen molar-refractivity contribution in [2.24, 2.45) is 0 Å². The Kier molecular flexibility index (Phi) is 4.74. The molecule has 0 aromatic carbocycles. The number of halogens is 1. The maximum atomic E-state index is 13.9. The zero-order valence-electron chi connectivity index (χ0n) is 11.7. The van der Waals surface area contributed by atoms with Crippen molar-refractivity contribution in [1.82, 2.24) is 4.90 Å². The fourth-order valence-electron chi connectivity index (χ4n) is 1.80. The lowest BCUT2D eigenvalue weighted by molar-refractivity contribution is 0.122. The Labute approximate surface area is 105 Å². The molecule has 1 saturated heterocycles. The monoisotopic (exact) mass is 263 g/mol. The van der Waals surface area contributed by atoms with Gasteiger partial charge in [0.2, 0.25) is 0 Å². The summed E-state index contributed by atoms with van der Waals surface area (Å²) < 4.78 is 19.9. The van der Waals surface area contributed by atoms with Crippen LogP contribution in [-0.2, 0) is 4.43 Å². The van der Waals surface area contributed by atoms with Gasteiger partial charge in [0.25, 0.3) is 0 Å². The number of rotatable bonds is 4. The quantitative estimate of drug-likeness (QED) is 0.788. The molecule has 2 atom stereocenters. The zero-order valence-corrected chi connectivity index (χ0v) is 12.7. The van der Waals surface area contributed by atoms with Crippen molar-refractivity contribution in [3.8, 4) is 0 Å². The minimum atomic E-state index is -1.89. The van der Waals surface area contributed by atoms with Crippen LogP contribution in [0.25, 0.3) is 0 Å². The summed E-state index contributed by atoms with van der Waals surface area (Å²) in [6.45, 7) is 12.4. The van der Waals surface area contributed by atoms with Gasteiger partial charge in [0.15, 0.2) is 8.32 Å². The highest BCUT2D eigenvalue weighted by Gasteiger charge is 2.43. The summed E-state index contributed by atoms with van der Waals surface area (Å²) in [5, 5.41) is 8.97. The summed E-state index contributed by atoms with van der Waals surface area (Å²) in [4.78, 5) is 1.93. The lowest BCUT2D eigenvalue weighted by Gasteiger charge is -2.38. The topological polar surface area (TPSA) is 32.7 Å². The Hall–Kier alpha value is 0.0269. The van der Waals surface area contributed by atoms with Crippen LogP contribution >= 0.6 is 0 Å². The molecule has 1 fully saturated rings. The number of β-amino-alcohol motifs (C(OH)–C–C–N with tert-alkyl or cyclic N) is 1. The van der Waals surface area contributed by atoms with Crippen LogP contribution in [0.3, 0.4) is 0 Å². The molecule has 0 spiro atoms. The first kappa shape index (κ1) is 15.1. The molecular formula is C12H26FNO2Si. The summed E-state index contributed by atoms with van der Waals surface area (Å²) in [5.74, 6) is 0. The van der Waals surface area contributed by atoms with E-state index in [-0.39, 0.29) is 17.7 Å². The zero-order chi connectivity index (χ0) is 13.3. The second kappa shape index (κ2) is 5.34. The molecule has 0 aromatic heterocycles. The highest BCUT2D eigenvalue weighted by atomic mass is 28.4. The van der Waals surface area contributed by atoms with E-state index < -0.39 is 14.5 Å². The van der Waals surface area contributed by atoms with E-state index in [0.29, 0.717) is 19.6 Å². The lowest BCUT2D eigenvalue weighted by Crippen LogP contribution is -2.46. The van der Waals surface area contributed by atoms with Crippen molar-refractivity contribution in [2.45, 2.75) is 51.2 Å². The number of aliphatic hydroxyl groups is 1. The second-order valence-electron chi connectivity index (χ2n) is 6.42. The smallest absolute Gasteiger partial charge is 0.192 e. The minimum Gasteiger partial charge on any atom is -0.410 e. The molecule has 0 aromatic rings. The molecule has 1 rings (SSSR count). The molecule has 0 saturated carbocycles. The van der Waals surface area contributed by atoms with Gasteiger partial charge in [-0.2, -0.15) is 0 Å². The van der Waals surface area contributed by atoms with Gasteiger partial charge in [-0.3, -0.25) is 4.90 Å². The van der Waals surface area contributed by atoms with E-state index in [0.717, 1.165) is 0 Å². The van der Waals surface area contributed by atoms with Gasteiger partial charge in [-0.25, -0.2) is 4.39 Å². The van der Waals surface area contributed by atoms with E-state index in [2.05, 4.69) is 33.9 Å². The van der Waals surface area contributed by atoms with Gasteiger partial charge >= 0.3 is 0 Å². The molecule has 0 radical (unpaired) electrons. The van der Waals surface area contributed by atoms with Crippen LogP contribution in [0, 0.1) is 0 Å². The average molecular weight is 263 g/mol. The molecule has 102 valence electrons. The average Bonchev–Trinajstić information content (AvgIpc) is 2.44. The Morgan fingerprint density at radius 3 is 2.41 bits per heavy atom. The molecule has 3 nitrogen and oxygen atoms in total. The van der Waals surface area contributed by atoms with Crippen LogP contribution in [0.4, 0.5) is 4.39 Å². The third kappa shape index (κ3) is 3.74. The van der Waals surface area contributed by atoms with Crippen LogP contribution in [0.2, 0.25) is 18.1 Å². The summed E-state index contributed by atoms with van der Waals surface area (Å²) >= 11 is 0. The largest absolute Gasteiger partial charge is 0.410 e. The Balaban J connectivity index is 2.58. The SMILES string of the molecule is CC(C)(C)[Si](C)(C)OC1CN(CCO)CC1F. The summed E-state index contributed by atoms with van der Waals surface area (Å²) in [6, 6.07) is 0. The van der Waals surface area contributed by atoms with E-state index in [1.54, 1.807) is 0 Å². The fourth-order valence-corrected chi connectivity index (χ4v) is 3.13. The lowest BCUT2D eigenvalue weighted by atomic mass is 10.2. The van der Waals surface area contributed by atoms with E-state index in [1.165, 1.54) is 0 Å². The van der Waals surface area contributed by atoms with Crippen molar-refractivity contribution >= 4 is 8.32 Å². The maximum Gasteiger partial charge on any atom is 0.192 e. The highest BCUT2D eigenvalue weighted by molar-refractivity contribution is 6.74. The van der Waals surface area contributed by atoms with Crippen LogP contribution in [0.15, 0.2) is 0 Å². The second-order valence-corrected chi connectivity index (χ2v) is 11.2. The van der Waals surface area contributed by atoms with E-state index >= 15 is 0 Å². The van der Waals surface area contributed by atoms with E-state index in [4.69, 9.17) is 9.53 Å². The molecule has 1 aliphatic rings. The number of aliphatic hydroxyl groups excluding tert-OH is 1.